The predicted molar refractivity (Wildman–Crippen MR) is 55.1 cm³/mol. The molecule has 72 valence electrons. The van der Waals surface area contributed by atoms with Crippen LogP contribution in [0.2, 0.25) is 5.02 Å². The third-order valence-corrected chi connectivity index (χ3v) is 2.27. The van der Waals surface area contributed by atoms with Crippen molar-refractivity contribution in [2.75, 3.05) is 0 Å². The summed E-state index contributed by atoms with van der Waals surface area (Å²) < 4.78 is 0. The fourth-order valence-corrected chi connectivity index (χ4v) is 1.35. The molecular weight excluding hydrogens is 186 g/mol. The second-order valence-corrected chi connectivity index (χ2v) is 3.70. The van der Waals surface area contributed by atoms with Gasteiger partial charge in [0.2, 0.25) is 0 Å². The van der Waals surface area contributed by atoms with Gasteiger partial charge in [0, 0.05) is 11.1 Å². The Hall–Kier alpha value is -0.730. The molecule has 0 spiro atoms. The van der Waals surface area contributed by atoms with E-state index in [0.717, 1.165) is 18.4 Å². The molecule has 0 aliphatic heterocycles. The molecule has 0 aliphatic carbocycles. The van der Waals surface area contributed by atoms with Gasteiger partial charge in [-0.1, -0.05) is 11.6 Å². The molecule has 1 aromatic rings. The number of rotatable bonds is 3. The lowest BCUT2D eigenvalue weighted by Gasteiger charge is -2.06. The molecule has 1 unspecified atom stereocenters. The van der Waals surface area contributed by atoms with E-state index in [9.17, 15) is 5.11 Å². The van der Waals surface area contributed by atoms with Crippen LogP contribution in [0.4, 0.5) is 0 Å². The predicted octanol–water partition coefficient (Wildman–Crippen LogP) is 2.33. The fraction of sp³-hybridized carbons (Fsp3) is 0.400. The summed E-state index contributed by atoms with van der Waals surface area (Å²) in [6.45, 7) is 1.96. The van der Waals surface area contributed by atoms with Gasteiger partial charge in [0.05, 0.1) is 0 Å². The van der Waals surface area contributed by atoms with E-state index in [4.69, 9.17) is 17.3 Å². The second-order valence-electron chi connectivity index (χ2n) is 3.29. The molecule has 1 atom stereocenters. The quantitative estimate of drug-likeness (QED) is 0.785. The molecule has 0 saturated carbocycles. The zero-order valence-corrected chi connectivity index (χ0v) is 8.38. The Kier molecular flexibility index (Phi) is 3.58. The first-order valence-electron chi connectivity index (χ1n) is 4.32. The van der Waals surface area contributed by atoms with Crippen LogP contribution in [0.1, 0.15) is 18.9 Å². The van der Waals surface area contributed by atoms with Gasteiger partial charge in [-0.05, 0) is 43.5 Å². The first kappa shape index (κ1) is 10.4. The molecule has 13 heavy (non-hydrogen) atoms. The van der Waals surface area contributed by atoms with Crippen molar-refractivity contribution in [3.63, 3.8) is 0 Å². The molecule has 0 aromatic heterocycles. The highest BCUT2D eigenvalue weighted by Crippen LogP contribution is 2.22. The fourth-order valence-electron chi connectivity index (χ4n) is 1.14. The Balaban J connectivity index is 2.70. The Labute approximate surface area is 83.3 Å². The first-order chi connectivity index (χ1) is 6.09. The van der Waals surface area contributed by atoms with E-state index in [1.165, 1.54) is 0 Å². The van der Waals surface area contributed by atoms with Gasteiger partial charge in [0.25, 0.3) is 0 Å². The van der Waals surface area contributed by atoms with Crippen molar-refractivity contribution in [1.29, 1.82) is 0 Å². The minimum Gasteiger partial charge on any atom is -0.508 e. The van der Waals surface area contributed by atoms with Crippen molar-refractivity contribution in [1.82, 2.24) is 0 Å². The van der Waals surface area contributed by atoms with Crippen molar-refractivity contribution in [3.05, 3.63) is 28.8 Å². The minimum atomic E-state index is 0.165. The van der Waals surface area contributed by atoms with Gasteiger partial charge in [-0.2, -0.15) is 0 Å². The number of benzene rings is 1. The first-order valence-corrected chi connectivity index (χ1v) is 4.70. The molecular formula is C10H14ClNO. The van der Waals surface area contributed by atoms with Gasteiger partial charge >= 0.3 is 0 Å². The number of hydrogen-bond donors (Lipinski definition) is 2. The molecule has 0 radical (unpaired) electrons. The van der Waals surface area contributed by atoms with Crippen LogP contribution >= 0.6 is 11.6 Å². The highest BCUT2D eigenvalue weighted by molar-refractivity contribution is 6.31. The zero-order valence-electron chi connectivity index (χ0n) is 7.63. The summed E-state index contributed by atoms with van der Waals surface area (Å²) in [5.74, 6) is 0.254. The summed E-state index contributed by atoms with van der Waals surface area (Å²) in [6.07, 6.45) is 1.69. The SMILES string of the molecule is CC(N)CCc1cc(O)ccc1Cl. The van der Waals surface area contributed by atoms with Crippen LogP contribution in [0.5, 0.6) is 5.75 Å². The van der Waals surface area contributed by atoms with Crippen molar-refractivity contribution in [2.45, 2.75) is 25.8 Å². The molecule has 0 fully saturated rings. The monoisotopic (exact) mass is 199 g/mol. The third kappa shape index (κ3) is 3.25. The molecule has 2 nitrogen and oxygen atoms in total. The van der Waals surface area contributed by atoms with Gasteiger partial charge in [0.15, 0.2) is 0 Å². The summed E-state index contributed by atoms with van der Waals surface area (Å²) in [4.78, 5) is 0. The standard InChI is InChI=1S/C10H14ClNO/c1-7(12)2-3-8-6-9(13)4-5-10(8)11/h4-7,13H,2-3,12H2,1H3. The Morgan fingerprint density at radius 1 is 1.54 bits per heavy atom. The molecule has 1 aromatic carbocycles. The summed E-state index contributed by atoms with van der Waals surface area (Å²) in [5, 5.41) is 9.91. The average Bonchev–Trinajstić information content (AvgIpc) is 2.06. The Morgan fingerprint density at radius 2 is 2.23 bits per heavy atom. The van der Waals surface area contributed by atoms with E-state index in [1.54, 1.807) is 18.2 Å². The highest BCUT2D eigenvalue weighted by Gasteiger charge is 2.02. The molecule has 0 heterocycles. The maximum atomic E-state index is 9.21. The lowest BCUT2D eigenvalue weighted by atomic mass is 10.1. The van der Waals surface area contributed by atoms with Gasteiger partial charge in [-0.15, -0.1) is 0 Å². The number of halogens is 1. The molecule has 0 bridgehead atoms. The van der Waals surface area contributed by atoms with E-state index < -0.39 is 0 Å². The number of nitrogens with two attached hydrogens (primary N) is 1. The van der Waals surface area contributed by atoms with E-state index in [-0.39, 0.29) is 11.8 Å². The van der Waals surface area contributed by atoms with Crippen molar-refractivity contribution < 1.29 is 5.11 Å². The number of hydrogen-bond acceptors (Lipinski definition) is 2. The van der Waals surface area contributed by atoms with E-state index in [2.05, 4.69) is 0 Å². The molecule has 0 aliphatic rings. The lowest BCUT2D eigenvalue weighted by molar-refractivity contribution is 0.474. The third-order valence-electron chi connectivity index (χ3n) is 1.90. The van der Waals surface area contributed by atoms with Gasteiger partial charge in [-0.25, -0.2) is 0 Å². The van der Waals surface area contributed by atoms with E-state index in [1.807, 2.05) is 6.92 Å². The summed E-state index contributed by atoms with van der Waals surface area (Å²) in [5.41, 5.74) is 6.58. The summed E-state index contributed by atoms with van der Waals surface area (Å²) in [7, 11) is 0. The minimum absolute atomic E-state index is 0.165. The molecule has 3 heteroatoms. The van der Waals surface area contributed by atoms with E-state index >= 15 is 0 Å². The zero-order chi connectivity index (χ0) is 9.84. The van der Waals surface area contributed by atoms with Crippen LogP contribution in [0.15, 0.2) is 18.2 Å². The van der Waals surface area contributed by atoms with Crippen molar-refractivity contribution in [2.24, 2.45) is 5.73 Å². The van der Waals surface area contributed by atoms with Gasteiger partial charge < -0.3 is 10.8 Å². The number of aryl methyl sites for hydroxylation is 1. The van der Waals surface area contributed by atoms with Crippen molar-refractivity contribution >= 4 is 11.6 Å². The largest absolute Gasteiger partial charge is 0.508 e. The van der Waals surface area contributed by atoms with Crippen LogP contribution in [-0.2, 0) is 6.42 Å². The molecule has 3 N–H and O–H groups in total. The topological polar surface area (TPSA) is 46.2 Å². The lowest BCUT2D eigenvalue weighted by Crippen LogP contribution is -2.15. The molecule has 1 rings (SSSR count). The van der Waals surface area contributed by atoms with Crippen LogP contribution in [0, 0.1) is 0 Å². The van der Waals surface area contributed by atoms with Crippen LogP contribution in [0.3, 0.4) is 0 Å². The van der Waals surface area contributed by atoms with Crippen LogP contribution in [0.25, 0.3) is 0 Å². The average molecular weight is 200 g/mol. The van der Waals surface area contributed by atoms with Crippen LogP contribution in [-0.4, -0.2) is 11.1 Å². The maximum Gasteiger partial charge on any atom is 0.115 e. The number of phenols is 1. The number of aromatic hydroxyl groups is 1. The molecule has 0 amide bonds. The maximum absolute atomic E-state index is 9.21. The summed E-state index contributed by atoms with van der Waals surface area (Å²) in [6, 6.07) is 5.13. The normalized spacial score (nSPS) is 12.8. The van der Waals surface area contributed by atoms with Gasteiger partial charge in [0.1, 0.15) is 5.75 Å². The summed E-state index contributed by atoms with van der Waals surface area (Å²) >= 11 is 5.93. The Morgan fingerprint density at radius 3 is 2.85 bits per heavy atom. The van der Waals surface area contributed by atoms with Gasteiger partial charge in [-0.3, -0.25) is 0 Å². The molecule has 0 saturated heterocycles. The second kappa shape index (κ2) is 4.49. The van der Waals surface area contributed by atoms with Crippen molar-refractivity contribution in [3.8, 4) is 5.75 Å². The number of phenolic OH excluding ortho intramolecular Hbond substituents is 1. The Bertz CT molecular complexity index is 286. The van der Waals surface area contributed by atoms with Crippen LogP contribution < -0.4 is 5.73 Å². The highest BCUT2D eigenvalue weighted by atomic mass is 35.5. The smallest absolute Gasteiger partial charge is 0.115 e. The van der Waals surface area contributed by atoms with E-state index in [0.29, 0.717) is 5.02 Å².